The predicted molar refractivity (Wildman–Crippen MR) is 70.8 cm³/mol. The van der Waals surface area contributed by atoms with Crippen molar-refractivity contribution in [3.8, 4) is 16.9 Å². The number of aromatic nitrogens is 1. The van der Waals surface area contributed by atoms with E-state index in [0.29, 0.717) is 28.7 Å². The Bertz CT molecular complexity index is 596. The molecular formula is C15H14FNO2. The van der Waals surface area contributed by atoms with Crippen molar-refractivity contribution in [1.29, 1.82) is 0 Å². The molecule has 0 saturated heterocycles. The minimum atomic E-state index is -0.394. The second kappa shape index (κ2) is 5.61. The van der Waals surface area contributed by atoms with Crippen LogP contribution >= 0.6 is 0 Å². The van der Waals surface area contributed by atoms with E-state index in [2.05, 4.69) is 4.98 Å². The molecule has 0 saturated carbocycles. The molecule has 2 rings (SSSR count). The average molecular weight is 259 g/mol. The lowest BCUT2D eigenvalue weighted by molar-refractivity contribution is 0.112. The molecule has 1 aromatic heterocycles. The number of hydrogen-bond donors (Lipinski definition) is 0. The quantitative estimate of drug-likeness (QED) is 0.789. The summed E-state index contributed by atoms with van der Waals surface area (Å²) in [6.07, 6.45) is 3.82. The van der Waals surface area contributed by atoms with E-state index in [1.165, 1.54) is 18.2 Å². The minimum absolute atomic E-state index is 0.0169. The standard InChI is InChI=1S/C15H14FNO2/c1-10(2)19-13-6-12(7-17-8-13)14-5-11(9-18)3-4-15(14)16/h3-10H,1-2H3. The van der Waals surface area contributed by atoms with Gasteiger partial charge in [-0.2, -0.15) is 0 Å². The molecule has 0 atom stereocenters. The van der Waals surface area contributed by atoms with Crippen LogP contribution in [0.25, 0.3) is 11.1 Å². The molecule has 0 radical (unpaired) electrons. The van der Waals surface area contributed by atoms with Crippen molar-refractivity contribution < 1.29 is 13.9 Å². The van der Waals surface area contributed by atoms with Gasteiger partial charge in [0, 0.05) is 22.9 Å². The van der Waals surface area contributed by atoms with E-state index in [-0.39, 0.29) is 6.10 Å². The van der Waals surface area contributed by atoms with Crippen molar-refractivity contribution in [1.82, 2.24) is 4.98 Å². The zero-order chi connectivity index (χ0) is 13.8. The third-order valence-electron chi connectivity index (χ3n) is 2.52. The SMILES string of the molecule is CC(C)Oc1cncc(-c2cc(C=O)ccc2F)c1. The van der Waals surface area contributed by atoms with Crippen molar-refractivity contribution in [3.05, 3.63) is 48.0 Å². The molecular weight excluding hydrogens is 245 g/mol. The first-order valence-corrected chi connectivity index (χ1v) is 5.97. The van der Waals surface area contributed by atoms with E-state index in [0.717, 1.165) is 0 Å². The molecule has 0 amide bonds. The first-order chi connectivity index (χ1) is 9.10. The molecule has 0 N–H and O–H groups in total. The van der Waals surface area contributed by atoms with Crippen LogP contribution in [0.5, 0.6) is 5.75 Å². The van der Waals surface area contributed by atoms with Crippen LogP contribution in [-0.4, -0.2) is 17.4 Å². The second-order valence-corrected chi connectivity index (χ2v) is 4.43. The number of nitrogens with zero attached hydrogens (tertiary/aromatic N) is 1. The molecule has 1 aromatic carbocycles. The van der Waals surface area contributed by atoms with E-state index in [1.807, 2.05) is 13.8 Å². The zero-order valence-corrected chi connectivity index (χ0v) is 10.8. The number of hydrogen-bond acceptors (Lipinski definition) is 3. The number of benzene rings is 1. The predicted octanol–water partition coefficient (Wildman–Crippen LogP) is 3.49. The third kappa shape index (κ3) is 3.16. The first-order valence-electron chi connectivity index (χ1n) is 5.97. The molecule has 0 unspecified atom stereocenters. The average Bonchev–Trinajstić information content (AvgIpc) is 2.39. The van der Waals surface area contributed by atoms with Gasteiger partial charge in [-0.25, -0.2) is 4.39 Å². The van der Waals surface area contributed by atoms with Crippen molar-refractivity contribution in [2.75, 3.05) is 0 Å². The van der Waals surface area contributed by atoms with Gasteiger partial charge in [0.1, 0.15) is 17.9 Å². The summed E-state index contributed by atoms with van der Waals surface area (Å²) in [5, 5.41) is 0. The molecule has 3 nitrogen and oxygen atoms in total. The summed E-state index contributed by atoms with van der Waals surface area (Å²) in [6.45, 7) is 3.81. The number of carbonyl (C=O) groups is 1. The van der Waals surface area contributed by atoms with Gasteiger partial charge in [0.2, 0.25) is 0 Å². The molecule has 0 aliphatic carbocycles. The second-order valence-electron chi connectivity index (χ2n) is 4.43. The fourth-order valence-electron chi connectivity index (χ4n) is 1.74. The zero-order valence-electron chi connectivity index (χ0n) is 10.8. The minimum Gasteiger partial charge on any atom is -0.489 e. The lowest BCUT2D eigenvalue weighted by Gasteiger charge is -2.11. The van der Waals surface area contributed by atoms with Gasteiger partial charge in [-0.3, -0.25) is 9.78 Å². The molecule has 1 heterocycles. The molecule has 4 heteroatoms. The largest absolute Gasteiger partial charge is 0.489 e. The van der Waals surface area contributed by atoms with Gasteiger partial charge < -0.3 is 4.74 Å². The van der Waals surface area contributed by atoms with Crippen LogP contribution in [0.2, 0.25) is 0 Å². The molecule has 0 fully saturated rings. The van der Waals surface area contributed by atoms with E-state index in [9.17, 15) is 9.18 Å². The van der Waals surface area contributed by atoms with Crippen LogP contribution in [-0.2, 0) is 0 Å². The lowest BCUT2D eigenvalue weighted by Crippen LogP contribution is -2.05. The lowest BCUT2D eigenvalue weighted by atomic mass is 10.0. The van der Waals surface area contributed by atoms with Crippen LogP contribution < -0.4 is 4.74 Å². The Morgan fingerprint density at radius 2 is 2.05 bits per heavy atom. The van der Waals surface area contributed by atoms with Gasteiger partial charge in [-0.15, -0.1) is 0 Å². The van der Waals surface area contributed by atoms with Gasteiger partial charge in [-0.1, -0.05) is 0 Å². The number of halogens is 1. The Morgan fingerprint density at radius 1 is 1.26 bits per heavy atom. The van der Waals surface area contributed by atoms with E-state index in [1.54, 1.807) is 18.5 Å². The van der Waals surface area contributed by atoms with E-state index in [4.69, 9.17) is 4.74 Å². The summed E-state index contributed by atoms with van der Waals surface area (Å²) >= 11 is 0. The van der Waals surface area contributed by atoms with Crippen LogP contribution in [0.4, 0.5) is 4.39 Å². The molecule has 98 valence electrons. The molecule has 0 aliphatic heterocycles. The molecule has 2 aromatic rings. The fourth-order valence-corrected chi connectivity index (χ4v) is 1.74. The van der Waals surface area contributed by atoms with Crippen molar-refractivity contribution in [2.24, 2.45) is 0 Å². The first kappa shape index (κ1) is 13.2. The third-order valence-corrected chi connectivity index (χ3v) is 2.52. The maximum Gasteiger partial charge on any atom is 0.150 e. The van der Waals surface area contributed by atoms with E-state index >= 15 is 0 Å². The van der Waals surface area contributed by atoms with Crippen LogP contribution in [0, 0.1) is 5.82 Å². The molecule has 0 spiro atoms. The summed E-state index contributed by atoms with van der Waals surface area (Å²) < 4.78 is 19.3. The highest BCUT2D eigenvalue weighted by Crippen LogP contribution is 2.26. The monoisotopic (exact) mass is 259 g/mol. The van der Waals surface area contributed by atoms with Gasteiger partial charge in [0.25, 0.3) is 0 Å². The summed E-state index contributed by atoms with van der Waals surface area (Å²) in [4.78, 5) is 14.8. The fraction of sp³-hybridized carbons (Fsp3) is 0.200. The normalized spacial score (nSPS) is 10.5. The summed E-state index contributed by atoms with van der Waals surface area (Å²) in [6, 6.07) is 5.92. The molecule has 19 heavy (non-hydrogen) atoms. The van der Waals surface area contributed by atoms with Crippen molar-refractivity contribution >= 4 is 6.29 Å². The summed E-state index contributed by atoms with van der Waals surface area (Å²) in [5.74, 6) is 0.178. The topological polar surface area (TPSA) is 39.2 Å². The van der Waals surface area contributed by atoms with Crippen LogP contribution in [0.1, 0.15) is 24.2 Å². The maximum atomic E-state index is 13.8. The smallest absolute Gasteiger partial charge is 0.150 e. The van der Waals surface area contributed by atoms with Crippen LogP contribution in [0.3, 0.4) is 0 Å². The molecule has 0 aliphatic rings. The number of aldehydes is 1. The Kier molecular flexibility index (Phi) is 3.90. The van der Waals surface area contributed by atoms with Crippen molar-refractivity contribution in [2.45, 2.75) is 20.0 Å². The Labute approximate surface area is 111 Å². The Morgan fingerprint density at radius 3 is 2.74 bits per heavy atom. The Hall–Kier alpha value is -2.23. The number of rotatable bonds is 4. The highest BCUT2D eigenvalue weighted by Gasteiger charge is 2.08. The van der Waals surface area contributed by atoms with Gasteiger partial charge in [0.05, 0.1) is 12.3 Å². The highest BCUT2D eigenvalue weighted by molar-refractivity contribution is 5.79. The van der Waals surface area contributed by atoms with Crippen LogP contribution in [0.15, 0.2) is 36.7 Å². The molecule has 0 bridgehead atoms. The highest BCUT2D eigenvalue weighted by atomic mass is 19.1. The number of carbonyl (C=O) groups excluding carboxylic acids is 1. The maximum absolute atomic E-state index is 13.8. The summed E-state index contributed by atoms with van der Waals surface area (Å²) in [7, 11) is 0. The number of ether oxygens (including phenoxy) is 1. The Balaban J connectivity index is 2.43. The van der Waals surface area contributed by atoms with E-state index < -0.39 is 5.82 Å². The van der Waals surface area contributed by atoms with Gasteiger partial charge >= 0.3 is 0 Å². The van der Waals surface area contributed by atoms with Gasteiger partial charge in [-0.05, 0) is 38.1 Å². The van der Waals surface area contributed by atoms with Crippen molar-refractivity contribution in [3.63, 3.8) is 0 Å². The van der Waals surface area contributed by atoms with Gasteiger partial charge in [0.15, 0.2) is 0 Å². The number of pyridine rings is 1. The summed E-state index contributed by atoms with van der Waals surface area (Å²) in [5.41, 5.74) is 1.34.